The fraction of sp³-hybridized carbons (Fsp3) is 0.389. The minimum Gasteiger partial charge on any atom is -0.391 e. The number of hydrogen-bond donors (Lipinski definition) is 2. The van der Waals surface area contributed by atoms with Crippen LogP contribution in [0.1, 0.15) is 36.3 Å². The second-order valence-electron chi connectivity index (χ2n) is 5.86. The van der Waals surface area contributed by atoms with Crippen LogP contribution in [0.4, 0.5) is 0 Å². The number of aliphatic hydroxyl groups is 1. The summed E-state index contributed by atoms with van der Waals surface area (Å²) in [7, 11) is 0. The maximum atomic E-state index is 12.2. The minimum absolute atomic E-state index is 0.102. The molecule has 1 aromatic carbocycles. The van der Waals surface area contributed by atoms with Gasteiger partial charge in [-0.1, -0.05) is 50.6 Å². The first kappa shape index (κ1) is 17.9. The van der Waals surface area contributed by atoms with E-state index in [9.17, 15) is 14.7 Å². The molecule has 2 unspecified atom stereocenters. The summed E-state index contributed by atoms with van der Waals surface area (Å²) in [4.78, 5) is 24.1. The molecular weight excluding hydrogens is 306 g/mol. The van der Waals surface area contributed by atoms with Crippen molar-refractivity contribution in [1.82, 2.24) is 15.1 Å². The van der Waals surface area contributed by atoms with Crippen molar-refractivity contribution in [3.05, 3.63) is 64.1 Å². The van der Waals surface area contributed by atoms with E-state index in [0.717, 1.165) is 12.0 Å². The topological polar surface area (TPSA) is 84.2 Å². The molecule has 24 heavy (non-hydrogen) atoms. The highest BCUT2D eigenvalue weighted by atomic mass is 16.3. The predicted molar refractivity (Wildman–Crippen MR) is 91.8 cm³/mol. The molecule has 2 aromatic rings. The minimum atomic E-state index is -0.603. The van der Waals surface area contributed by atoms with Crippen LogP contribution in [0.5, 0.6) is 0 Å². The quantitative estimate of drug-likeness (QED) is 0.805. The summed E-state index contributed by atoms with van der Waals surface area (Å²) in [5, 5.41) is 16.7. The van der Waals surface area contributed by atoms with Gasteiger partial charge in [-0.3, -0.25) is 9.59 Å². The van der Waals surface area contributed by atoms with E-state index in [4.69, 9.17) is 0 Å². The number of carbonyl (C=O) groups excluding carboxylic acids is 1. The number of hydrogen-bond acceptors (Lipinski definition) is 4. The average molecular weight is 329 g/mol. The molecule has 0 saturated carbocycles. The van der Waals surface area contributed by atoms with E-state index in [1.165, 1.54) is 16.8 Å². The molecule has 1 heterocycles. The van der Waals surface area contributed by atoms with E-state index in [1.807, 2.05) is 44.2 Å². The molecule has 0 bridgehead atoms. The monoisotopic (exact) mass is 329 g/mol. The van der Waals surface area contributed by atoms with Crippen molar-refractivity contribution in [2.75, 3.05) is 6.54 Å². The summed E-state index contributed by atoms with van der Waals surface area (Å²) in [6.45, 7) is 4.37. The van der Waals surface area contributed by atoms with Crippen molar-refractivity contribution in [1.29, 1.82) is 0 Å². The zero-order valence-corrected chi connectivity index (χ0v) is 14.0. The normalized spacial score (nSPS) is 13.3. The molecule has 1 aromatic heterocycles. The van der Waals surface area contributed by atoms with Gasteiger partial charge in [-0.05, 0) is 17.5 Å². The molecule has 2 rings (SSSR count). The van der Waals surface area contributed by atoms with Crippen molar-refractivity contribution in [3.8, 4) is 0 Å². The zero-order chi connectivity index (χ0) is 17.5. The van der Waals surface area contributed by atoms with Crippen molar-refractivity contribution in [2.24, 2.45) is 5.92 Å². The van der Waals surface area contributed by atoms with Crippen molar-refractivity contribution in [3.63, 3.8) is 0 Å². The molecule has 0 spiro atoms. The Morgan fingerprint density at radius 2 is 1.96 bits per heavy atom. The third-order valence-electron chi connectivity index (χ3n) is 4.05. The Kier molecular flexibility index (Phi) is 6.26. The standard InChI is InChI=1S/C18H23N3O3/c1-3-13(2)16(22)11-19-18(24)15-9-10-17(23)21(20-15)12-14-7-5-4-6-8-14/h4-10,13,16,22H,3,11-12H2,1-2H3,(H,19,24). The van der Waals surface area contributed by atoms with Crippen LogP contribution < -0.4 is 10.9 Å². The van der Waals surface area contributed by atoms with Gasteiger partial charge in [-0.25, -0.2) is 4.68 Å². The van der Waals surface area contributed by atoms with Crippen molar-refractivity contribution < 1.29 is 9.90 Å². The summed E-state index contributed by atoms with van der Waals surface area (Å²) < 4.78 is 1.26. The number of nitrogens with zero attached hydrogens (tertiary/aromatic N) is 2. The molecule has 0 saturated heterocycles. The molecule has 128 valence electrons. The smallest absolute Gasteiger partial charge is 0.271 e. The maximum absolute atomic E-state index is 12.2. The third-order valence-corrected chi connectivity index (χ3v) is 4.05. The van der Waals surface area contributed by atoms with Gasteiger partial charge in [0, 0.05) is 12.6 Å². The van der Waals surface area contributed by atoms with Crippen molar-refractivity contribution in [2.45, 2.75) is 32.9 Å². The third kappa shape index (κ3) is 4.76. The van der Waals surface area contributed by atoms with E-state index < -0.39 is 12.0 Å². The Morgan fingerprint density at radius 1 is 1.25 bits per heavy atom. The summed E-state index contributed by atoms with van der Waals surface area (Å²) in [5.41, 5.74) is 0.814. The highest BCUT2D eigenvalue weighted by Crippen LogP contribution is 2.06. The van der Waals surface area contributed by atoms with Gasteiger partial charge in [-0.2, -0.15) is 5.10 Å². The maximum Gasteiger partial charge on any atom is 0.271 e. The van der Waals surface area contributed by atoms with Crippen LogP contribution in [-0.4, -0.2) is 33.4 Å². The van der Waals surface area contributed by atoms with Gasteiger partial charge in [0.05, 0.1) is 12.6 Å². The number of rotatable bonds is 7. The van der Waals surface area contributed by atoms with Gasteiger partial charge in [0.15, 0.2) is 0 Å². The second kappa shape index (κ2) is 8.40. The first-order valence-corrected chi connectivity index (χ1v) is 8.09. The van der Waals surface area contributed by atoms with Gasteiger partial charge in [0.2, 0.25) is 0 Å². The number of nitrogens with one attached hydrogen (secondary N) is 1. The van der Waals surface area contributed by atoms with Gasteiger partial charge < -0.3 is 10.4 Å². The molecule has 2 atom stereocenters. The van der Waals surface area contributed by atoms with Crippen LogP contribution in [0.15, 0.2) is 47.3 Å². The van der Waals surface area contributed by atoms with Crippen LogP contribution in [0.3, 0.4) is 0 Å². The van der Waals surface area contributed by atoms with Crippen LogP contribution in [0.2, 0.25) is 0 Å². The van der Waals surface area contributed by atoms with E-state index in [1.54, 1.807) is 0 Å². The molecule has 0 fully saturated rings. The Morgan fingerprint density at radius 3 is 2.62 bits per heavy atom. The van der Waals surface area contributed by atoms with E-state index in [2.05, 4.69) is 10.4 Å². The predicted octanol–water partition coefficient (Wildman–Crippen LogP) is 1.43. The molecule has 1 amide bonds. The lowest BCUT2D eigenvalue weighted by atomic mass is 10.0. The fourth-order valence-corrected chi connectivity index (χ4v) is 2.20. The SMILES string of the molecule is CCC(C)C(O)CNC(=O)c1ccc(=O)n(Cc2ccccc2)n1. The van der Waals surface area contributed by atoms with Gasteiger partial charge in [0.25, 0.3) is 11.5 Å². The Bertz CT molecular complexity index is 728. The lowest BCUT2D eigenvalue weighted by Crippen LogP contribution is -2.36. The molecule has 0 aliphatic rings. The molecule has 2 N–H and O–H groups in total. The summed E-state index contributed by atoms with van der Waals surface area (Å²) in [6, 6.07) is 12.2. The number of amides is 1. The molecule has 0 aliphatic heterocycles. The molecular formula is C18H23N3O3. The van der Waals surface area contributed by atoms with Crippen LogP contribution >= 0.6 is 0 Å². The van der Waals surface area contributed by atoms with E-state index in [0.29, 0.717) is 6.54 Å². The fourth-order valence-electron chi connectivity index (χ4n) is 2.20. The number of aliphatic hydroxyl groups excluding tert-OH is 1. The molecule has 0 aliphatic carbocycles. The van der Waals surface area contributed by atoms with Gasteiger partial charge in [0.1, 0.15) is 5.69 Å². The number of benzene rings is 1. The Labute approximate surface area is 141 Å². The lowest BCUT2D eigenvalue weighted by Gasteiger charge is -2.17. The van der Waals surface area contributed by atoms with Crippen molar-refractivity contribution >= 4 is 5.91 Å². The molecule has 0 radical (unpaired) electrons. The van der Waals surface area contributed by atoms with Crippen LogP contribution in [0.25, 0.3) is 0 Å². The van der Waals surface area contributed by atoms with E-state index in [-0.39, 0.29) is 23.7 Å². The Hall–Kier alpha value is -2.47. The van der Waals surface area contributed by atoms with Gasteiger partial charge in [-0.15, -0.1) is 0 Å². The number of aromatic nitrogens is 2. The van der Waals surface area contributed by atoms with Crippen LogP contribution in [0, 0.1) is 5.92 Å². The molecule has 6 nitrogen and oxygen atoms in total. The summed E-state index contributed by atoms with van der Waals surface area (Å²) >= 11 is 0. The highest BCUT2D eigenvalue weighted by Gasteiger charge is 2.15. The van der Waals surface area contributed by atoms with Gasteiger partial charge >= 0.3 is 0 Å². The van der Waals surface area contributed by atoms with Crippen LogP contribution in [-0.2, 0) is 6.54 Å². The second-order valence-corrected chi connectivity index (χ2v) is 5.86. The van der Waals surface area contributed by atoms with E-state index >= 15 is 0 Å². The zero-order valence-electron chi connectivity index (χ0n) is 14.0. The summed E-state index contributed by atoms with van der Waals surface area (Å²) in [6.07, 6.45) is 0.228. The Balaban J connectivity index is 2.07. The average Bonchev–Trinajstić information content (AvgIpc) is 2.61. The highest BCUT2D eigenvalue weighted by molar-refractivity contribution is 5.91. The first-order valence-electron chi connectivity index (χ1n) is 8.09. The largest absolute Gasteiger partial charge is 0.391 e. The number of carbonyl (C=O) groups is 1. The lowest BCUT2D eigenvalue weighted by molar-refractivity contribution is 0.0844. The molecule has 6 heteroatoms. The first-order chi connectivity index (χ1) is 11.5. The summed E-state index contributed by atoms with van der Waals surface area (Å²) in [5.74, 6) is -0.301.